The molecule has 3 aromatic carbocycles. The maximum absolute atomic E-state index is 12.8. The second kappa shape index (κ2) is 11.0. The van der Waals surface area contributed by atoms with Gasteiger partial charge in [-0.15, -0.1) is 0 Å². The average molecular weight is 496 g/mol. The molecular weight excluding hydrogens is 466 g/mol. The zero-order valence-corrected chi connectivity index (χ0v) is 20.1. The molecule has 9 heteroatoms. The Kier molecular flexibility index (Phi) is 7.80. The summed E-state index contributed by atoms with van der Waals surface area (Å²) in [7, 11) is -3.75. The summed E-state index contributed by atoms with van der Waals surface area (Å²) in [4.78, 5) is 27.1. The zero-order chi connectivity index (χ0) is 24.8. The van der Waals surface area contributed by atoms with Crippen molar-refractivity contribution in [3.63, 3.8) is 0 Å². The molecule has 0 saturated carbocycles. The van der Waals surface area contributed by atoms with Gasteiger partial charge in [0.15, 0.2) is 0 Å². The van der Waals surface area contributed by atoms with Gasteiger partial charge in [0.25, 0.3) is 5.91 Å². The molecule has 1 aliphatic rings. The van der Waals surface area contributed by atoms with Crippen molar-refractivity contribution in [3.8, 4) is 0 Å². The van der Waals surface area contributed by atoms with Gasteiger partial charge in [-0.05, 0) is 59.9 Å². The van der Waals surface area contributed by atoms with E-state index < -0.39 is 10.0 Å². The van der Waals surface area contributed by atoms with Crippen LogP contribution in [0.2, 0.25) is 0 Å². The molecule has 0 atom stereocenters. The number of nitrogens with one attached hydrogen (secondary N) is 2. The summed E-state index contributed by atoms with van der Waals surface area (Å²) in [5, 5.41) is 13.8. The van der Waals surface area contributed by atoms with Crippen molar-refractivity contribution in [2.45, 2.75) is 24.2 Å². The molecule has 0 unspecified atom stereocenters. The minimum Gasteiger partial charge on any atom is -0.396 e. The summed E-state index contributed by atoms with van der Waals surface area (Å²) in [5.41, 5.74) is 0.950. The largest absolute Gasteiger partial charge is 0.396 e. The third-order valence-corrected chi connectivity index (χ3v) is 7.69. The lowest BCUT2D eigenvalue weighted by molar-refractivity contribution is -0.116. The van der Waals surface area contributed by atoms with Crippen LogP contribution in [0.4, 0.5) is 5.69 Å². The summed E-state index contributed by atoms with van der Waals surface area (Å²) in [6.45, 7) is 1.28. The molecule has 1 fully saturated rings. The van der Waals surface area contributed by atoms with Gasteiger partial charge in [0.05, 0.1) is 4.90 Å². The molecule has 1 aliphatic heterocycles. The van der Waals surface area contributed by atoms with E-state index in [9.17, 15) is 23.1 Å². The standard InChI is InChI=1S/C26H29N3O5S/c30-18-19-11-14-29(15-12-19)26(32)22-6-3-7-23(16-22)28-25(31)10-13-27-35(33,34)24-9-8-20-4-1-2-5-21(20)17-24/h1-9,16-17,19,27,30H,10-15,18H2,(H,28,31). The fourth-order valence-electron chi connectivity index (χ4n) is 4.17. The summed E-state index contributed by atoms with van der Waals surface area (Å²) < 4.78 is 27.7. The van der Waals surface area contributed by atoms with Gasteiger partial charge in [0.1, 0.15) is 0 Å². The quantitative estimate of drug-likeness (QED) is 0.444. The van der Waals surface area contributed by atoms with E-state index >= 15 is 0 Å². The number of anilines is 1. The fraction of sp³-hybridized carbons (Fsp3) is 0.308. The molecule has 1 saturated heterocycles. The van der Waals surface area contributed by atoms with E-state index in [2.05, 4.69) is 10.0 Å². The van der Waals surface area contributed by atoms with E-state index in [1.165, 1.54) is 0 Å². The number of carbonyl (C=O) groups excluding carboxylic acids is 2. The number of benzene rings is 3. The first-order valence-corrected chi connectivity index (χ1v) is 13.1. The van der Waals surface area contributed by atoms with Gasteiger partial charge in [-0.25, -0.2) is 13.1 Å². The Hall–Kier alpha value is -3.27. The lowest BCUT2D eigenvalue weighted by Gasteiger charge is -2.31. The Morgan fingerprint density at radius 1 is 0.943 bits per heavy atom. The van der Waals surface area contributed by atoms with Crippen molar-refractivity contribution >= 4 is 38.3 Å². The van der Waals surface area contributed by atoms with Crippen LogP contribution in [0.3, 0.4) is 0 Å². The summed E-state index contributed by atoms with van der Waals surface area (Å²) >= 11 is 0. The fourth-order valence-corrected chi connectivity index (χ4v) is 5.24. The smallest absolute Gasteiger partial charge is 0.253 e. The van der Waals surface area contributed by atoms with Crippen LogP contribution in [-0.2, 0) is 14.8 Å². The summed E-state index contributed by atoms with van der Waals surface area (Å²) in [6, 6.07) is 19.1. The topological polar surface area (TPSA) is 116 Å². The summed E-state index contributed by atoms with van der Waals surface area (Å²) in [6.07, 6.45) is 1.49. The first-order valence-electron chi connectivity index (χ1n) is 11.6. The molecule has 3 aromatic rings. The SMILES string of the molecule is O=C(CCNS(=O)(=O)c1ccc2ccccc2c1)Nc1cccc(C(=O)N2CCC(CO)CC2)c1. The van der Waals surface area contributed by atoms with Crippen LogP contribution < -0.4 is 10.0 Å². The highest BCUT2D eigenvalue weighted by Gasteiger charge is 2.23. The van der Waals surface area contributed by atoms with Crippen molar-refractivity contribution in [1.82, 2.24) is 9.62 Å². The van der Waals surface area contributed by atoms with Crippen molar-refractivity contribution < 1.29 is 23.1 Å². The molecule has 1 heterocycles. The van der Waals surface area contributed by atoms with Crippen LogP contribution in [0, 0.1) is 5.92 Å². The number of aliphatic hydroxyl groups excluding tert-OH is 1. The normalized spacial score (nSPS) is 14.7. The minimum absolute atomic E-state index is 0.0559. The predicted molar refractivity (Wildman–Crippen MR) is 135 cm³/mol. The maximum atomic E-state index is 12.8. The van der Waals surface area contributed by atoms with E-state index in [-0.39, 0.29) is 42.2 Å². The van der Waals surface area contributed by atoms with Crippen molar-refractivity contribution in [3.05, 3.63) is 72.3 Å². The Morgan fingerprint density at radius 3 is 2.43 bits per heavy atom. The number of amides is 2. The number of rotatable bonds is 8. The van der Waals surface area contributed by atoms with Gasteiger partial charge in [0.2, 0.25) is 15.9 Å². The molecule has 35 heavy (non-hydrogen) atoms. The zero-order valence-electron chi connectivity index (χ0n) is 19.3. The number of carbonyl (C=O) groups is 2. The number of likely N-dealkylation sites (tertiary alicyclic amines) is 1. The Labute approximate surface area is 205 Å². The number of hydrogen-bond donors (Lipinski definition) is 3. The van der Waals surface area contributed by atoms with E-state index in [4.69, 9.17) is 0 Å². The van der Waals surface area contributed by atoms with Crippen LogP contribution >= 0.6 is 0 Å². The van der Waals surface area contributed by atoms with E-state index in [0.29, 0.717) is 24.3 Å². The summed E-state index contributed by atoms with van der Waals surface area (Å²) in [5.74, 6) is -0.233. The van der Waals surface area contributed by atoms with Gasteiger partial charge in [-0.2, -0.15) is 0 Å². The first kappa shape index (κ1) is 24.8. The molecular formula is C26H29N3O5S. The Morgan fingerprint density at radius 2 is 1.69 bits per heavy atom. The average Bonchev–Trinajstić information content (AvgIpc) is 2.88. The highest BCUT2D eigenvalue weighted by atomic mass is 32.2. The first-order chi connectivity index (χ1) is 16.9. The number of piperidine rings is 1. The molecule has 0 aromatic heterocycles. The van der Waals surface area contributed by atoms with Crippen molar-refractivity contribution in [2.75, 3.05) is 31.6 Å². The number of hydrogen-bond acceptors (Lipinski definition) is 5. The molecule has 3 N–H and O–H groups in total. The highest BCUT2D eigenvalue weighted by molar-refractivity contribution is 7.89. The number of sulfonamides is 1. The lowest BCUT2D eigenvalue weighted by atomic mass is 9.97. The molecule has 184 valence electrons. The Balaban J connectivity index is 1.30. The highest BCUT2D eigenvalue weighted by Crippen LogP contribution is 2.21. The van der Waals surface area contributed by atoms with Gasteiger partial charge < -0.3 is 15.3 Å². The second-order valence-corrected chi connectivity index (χ2v) is 10.5. The van der Waals surface area contributed by atoms with Crippen LogP contribution in [0.1, 0.15) is 29.6 Å². The molecule has 2 amide bonds. The number of nitrogens with zero attached hydrogens (tertiary/aromatic N) is 1. The van der Waals surface area contributed by atoms with Crippen molar-refractivity contribution in [2.24, 2.45) is 5.92 Å². The van der Waals surface area contributed by atoms with Gasteiger partial charge in [-0.1, -0.05) is 36.4 Å². The minimum atomic E-state index is -3.75. The van der Waals surface area contributed by atoms with E-state index in [1.54, 1.807) is 47.4 Å². The second-order valence-electron chi connectivity index (χ2n) is 8.70. The molecule has 8 nitrogen and oxygen atoms in total. The number of fused-ring (bicyclic) bond motifs is 1. The molecule has 0 radical (unpaired) electrons. The van der Waals surface area contributed by atoms with Crippen LogP contribution in [0.25, 0.3) is 10.8 Å². The lowest BCUT2D eigenvalue weighted by Crippen LogP contribution is -2.39. The number of aliphatic hydroxyl groups is 1. The third kappa shape index (κ3) is 6.25. The van der Waals surface area contributed by atoms with Gasteiger partial charge >= 0.3 is 0 Å². The molecule has 4 rings (SSSR count). The third-order valence-electron chi connectivity index (χ3n) is 6.23. The van der Waals surface area contributed by atoms with E-state index in [1.807, 2.05) is 24.3 Å². The predicted octanol–water partition coefficient (Wildman–Crippen LogP) is 2.99. The van der Waals surface area contributed by atoms with Crippen LogP contribution in [0.5, 0.6) is 0 Å². The Bertz CT molecular complexity index is 1320. The molecule has 0 aliphatic carbocycles. The molecule has 0 spiro atoms. The van der Waals surface area contributed by atoms with Gasteiger partial charge in [0, 0.05) is 43.9 Å². The van der Waals surface area contributed by atoms with Crippen molar-refractivity contribution in [1.29, 1.82) is 0 Å². The maximum Gasteiger partial charge on any atom is 0.253 e. The van der Waals surface area contributed by atoms with Gasteiger partial charge in [-0.3, -0.25) is 9.59 Å². The monoisotopic (exact) mass is 495 g/mol. The van der Waals surface area contributed by atoms with Crippen LogP contribution in [-0.4, -0.2) is 56.5 Å². The van der Waals surface area contributed by atoms with Crippen LogP contribution in [0.15, 0.2) is 71.6 Å². The van der Waals surface area contributed by atoms with E-state index in [0.717, 1.165) is 23.6 Å². The molecule has 0 bridgehead atoms.